The maximum Gasteiger partial charge on any atom is 0.316 e. The van der Waals surface area contributed by atoms with Crippen LogP contribution in [0.5, 0.6) is 0 Å². The third-order valence-corrected chi connectivity index (χ3v) is 4.84. The molecule has 0 aromatic carbocycles. The number of carboxylic acid groups (broad SMARTS) is 1. The van der Waals surface area contributed by atoms with Crippen molar-refractivity contribution < 1.29 is 24.2 Å². The Kier molecular flexibility index (Phi) is 3.81. The lowest BCUT2D eigenvalue weighted by atomic mass is 9.87. The van der Waals surface area contributed by atoms with Gasteiger partial charge in [-0.25, -0.2) is 0 Å². The van der Waals surface area contributed by atoms with Gasteiger partial charge >= 0.3 is 5.97 Å². The third kappa shape index (κ3) is 2.33. The van der Waals surface area contributed by atoms with Crippen LogP contribution < -0.4 is 5.73 Å². The van der Waals surface area contributed by atoms with Gasteiger partial charge in [0, 0.05) is 12.3 Å². The molecule has 2 heterocycles. The average molecular weight is 286 g/mol. The number of ether oxygens (including phenoxy) is 1. The number of thioether (sulfide) groups is 1. The quantitative estimate of drug-likeness (QED) is 0.289. The summed E-state index contributed by atoms with van der Waals surface area (Å²) in [6, 6.07) is -0.529. The van der Waals surface area contributed by atoms with Gasteiger partial charge in [0.15, 0.2) is 0 Å². The van der Waals surface area contributed by atoms with Gasteiger partial charge in [-0.3, -0.25) is 14.4 Å². The van der Waals surface area contributed by atoms with E-state index in [2.05, 4.69) is 4.74 Å². The second kappa shape index (κ2) is 5.22. The lowest BCUT2D eigenvalue weighted by molar-refractivity contribution is -0.153. The Morgan fingerprint density at radius 1 is 1.68 bits per heavy atom. The van der Waals surface area contributed by atoms with E-state index in [1.807, 2.05) is 0 Å². The molecule has 0 aliphatic carbocycles. The van der Waals surface area contributed by atoms with Gasteiger partial charge in [0.05, 0.1) is 0 Å². The second-order valence-electron chi connectivity index (χ2n) is 4.49. The van der Waals surface area contributed by atoms with Gasteiger partial charge in [-0.15, -0.1) is 11.8 Å². The molecule has 7 nitrogen and oxygen atoms in total. The predicted octanol–water partition coefficient (Wildman–Crippen LogP) is -0.971. The van der Waals surface area contributed by atoms with Crippen molar-refractivity contribution in [3.8, 4) is 0 Å². The first-order valence-electron chi connectivity index (χ1n) is 5.66. The molecule has 3 N–H and O–H groups in total. The third-order valence-electron chi connectivity index (χ3n) is 3.27. The summed E-state index contributed by atoms with van der Waals surface area (Å²) < 4.78 is 4.48. The normalized spacial score (nSPS) is 33.7. The topological polar surface area (TPSA) is 110 Å². The van der Waals surface area contributed by atoms with Crippen LogP contribution in [0.3, 0.4) is 0 Å². The Morgan fingerprint density at radius 3 is 3.05 bits per heavy atom. The fraction of sp³-hybridized carbons (Fsp3) is 0.545. The number of nitrogens with two attached hydrogens (primary N) is 1. The molecule has 104 valence electrons. The molecule has 0 spiro atoms. The van der Waals surface area contributed by atoms with Crippen LogP contribution in [0.15, 0.2) is 12.2 Å². The summed E-state index contributed by atoms with van der Waals surface area (Å²) in [5.74, 6) is -0.892. The van der Waals surface area contributed by atoms with Crippen molar-refractivity contribution in [2.75, 3.05) is 18.9 Å². The molecular formula is C11H14N2O5S. The van der Waals surface area contributed by atoms with E-state index in [0.717, 1.165) is 0 Å². The lowest BCUT2D eigenvalue weighted by Gasteiger charge is -2.52. The predicted molar refractivity (Wildman–Crippen MR) is 67.2 cm³/mol. The van der Waals surface area contributed by atoms with Crippen LogP contribution in [0, 0.1) is 5.41 Å². The first-order chi connectivity index (χ1) is 9.02. The summed E-state index contributed by atoms with van der Waals surface area (Å²) >= 11 is 1.36. The van der Waals surface area contributed by atoms with Crippen molar-refractivity contribution in [2.45, 2.75) is 11.4 Å². The summed E-state index contributed by atoms with van der Waals surface area (Å²) in [6.07, 6.45) is 2.97. The number of carboxylic acids is 1. The molecule has 0 radical (unpaired) electrons. The summed E-state index contributed by atoms with van der Waals surface area (Å²) in [4.78, 5) is 34.5. The molecule has 1 amide bonds. The van der Waals surface area contributed by atoms with Crippen LogP contribution >= 0.6 is 11.8 Å². The second-order valence-corrected chi connectivity index (χ2v) is 5.59. The van der Waals surface area contributed by atoms with E-state index in [-0.39, 0.29) is 24.4 Å². The molecule has 0 aromatic rings. The lowest BCUT2D eigenvalue weighted by Crippen LogP contribution is -2.71. The number of fused-ring (bicyclic) bond motifs is 1. The fourth-order valence-electron chi connectivity index (χ4n) is 2.17. The molecule has 2 aliphatic rings. The molecule has 2 aliphatic heterocycles. The van der Waals surface area contributed by atoms with Crippen LogP contribution in [0.25, 0.3) is 0 Å². The highest BCUT2D eigenvalue weighted by Gasteiger charge is 2.54. The molecule has 2 unspecified atom stereocenters. The number of hydrogen-bond acceptors (Lipinski definition) is 6. The summed E-state index contributed by atoms with van der Waals surface area (Å²) in [5, 5.41) is 9.26. The molecule has 3 atom stereocenters. The number of carbonyl (C=O) groups is 3. The van der Waals surface area contributed by atoms with E-state index in [9.17, 15) is 19.5 Å². The van der Waals surface area contributed by atoms with Crippen molar-refractivity contribution in [3.63, 3.8) is 0 Å². The Labute approximate surface area is 113 Å². The zero-order chi connectivity index (χ0) is 14.0. The molecule has 2 saturated heterocycles. The Hall–Kier alpha value is -1.54. The number of hydrogen-bond donors (Lipinski definition) is 2. The summed E-state index contributed by atoms with van der Waals surface area (Å²) in [7, 11) is 0. The largest absolute Gasteiger partial charge is 0.481 e. The minimum atomic E-state index is -1.15. The minimum absolute atomic E-state index is 0.0140. The van der Waals surface area contributed by atoms with Crippen LogP contribution in [0.4, 0.5) is 0 Å². The fourth-order valence-corrected chi connectivity index (χ4v) is 3.63. The first kappa shape index (κ1) is 13.9. The number of carbonyl (C=O) groups excluding carboxylic acids is 2. The Balaban J connectivity index is 2.09. The van der Waals surface area contributed by atoms with Crippen molar-refractivity contribution >= 4 is 30.1 Å². The van der Waals surface area contributed by atoms with E-state index in [0.29, 0.717) is 12.2 Å². The van der Waals surface area contributed by atoms with Crippen molar-refractivity contribution in [1.29, 1.82) is 0 Å². The molecular weight excluding hydrogens is 272 g/mol. The van der Waals surface area contributed by atoms with E-state index in [4.69, 9.17) is 5.73 Å². The van der Waals surface area contributed by atoms with E-state index >= 15 is 0 Å². The molecule has 0 aromatic heterocycles. The van der Waals surface area contributed by atoms with Crippen LogP contribution in [0.2, 0.25) is 0 Å². The monoisotopic (exact) mass is 286 g/mol. The van der Waals surface area contributed by atoms with E-state index in [1.165, 1.54) is 28.8 Å². The van der Waals surface area contributed by atoms with Crippen molar-refractivity contribution in [1.82, 2.24) is 4.90 Å². The minimum Gasteiger partial charge on any atom is -0.481 e. The van der Waals surface area contributed by atoms with Gasteiger partial charge in [-0.2, -0.15) is 0 Å². The van der Waals surface area contributed by atoms with Gasteiger partial charge in [0.2, 0.25) is 5.91 Å². The summed E-state index contributed by atoms with van der Waals surface area (Å²) in [6.45, 7) is 0.408. The van der Waals surface area contributed by atoms with Gasteiger partial charge in [0.1, 0.15) is 23.4 Å². The van der Waals surface area contributed by atoms with Gasteiger partial charge in [-0.1, -0.05) is 12.2 Å². The number of rotatable bonds is 5. The summed E-state index contributed by atoms with van der Waals surface area (Å²) in [5.41, 5.74) is 4.50. The highest BCUT2D eigenvalue weighted by atomic mass is 32.2. The van der Waals surface area contributed by atoms with Gasteiger partial charge < -0.3 is 20.5 Å². The molecule has 0 saturated carbocycles. The number of amides is 1. The number of aliphatic carboxylic acids is 1. The standard InChI is InChI=1S/C11H14N2O5S/c12-7-8(15)13-4-11(10(16)17,5-19-9(7)13)2-1-3-18-6-14/h1-2,6-7,9H,3-5,12H2,(H,16,17)/t7?,9-,11?/m1/s1. The SMILES string of the molecule is NC1C(=O)N2CC(C=CCOC=O)(C(=O)O)CS[C@H]12. The molecule has 19 heavy (non-hydrogen) atoms. The Morgan fingerprint density at radius 2 is 2.42 bits per heavy atom. The maximum absolute atomic E-state index is 11.6. The molecule has 2 fully saturated rings. The van der Waals surface area contributed by atoms with Crippen LogP contribution in [-0.4, -0.2) is 58.7 Å². The van der Waals surface area contributed by atoms with E-state index in [1.54, 1.807) is 0 Å². The van der Waals surface area contributed by atoms with Crippen LogP contribution in [-0.2, 0) is 19.1 Å². The zero-order valence-electron chi connectivity index (χ0n) is 10.0. The first-order valence-corrected chi connectivity index (χ1v) is 6.71. The zero-order valence-corrected chi connectivity index (χ0v) is 10.8. The van der Waals surface area contributed by atoms with E-state index < -0.39 is 17.4 Å². The molecule has 8 heteroatoms. The highest BCUT2D eigenvalue weighted by molar-refractivity contribution is 8.00. The number of nitrogens with zero attached hydrogens (tertiary/aromatic N) is 1. The maximum atomic E-state index is 11.6. The Bertz CT molecular complexity index is 441. The molecule has 2 rings (SSSR count). The van der Waals surface area contributed by atoms with Gasteiger partial charge in [-0.05, 0) is 0 Å². The smallest absolute Gasteiger partial charge is 0.316 e. The van der Waals surface area contributed by atoms with Gasteiger partial charge in [0.25, 0.3) is 6.47 Å². The highest BCUT2D eigenvalue weighted by Crippen LogP contribution is 2.42. The van der Waals surface area contributed by atoms with Crippen molar-refractivity contribution in [3.05, 3.63) is 12.2 Å². The average Bonchev–Trinajstić information content (AvgIpc) is 2.42. The number of β-lactam (4-membered cyclic amide) rings is 1. The van der Waals surface area contributed by atoms with Crippen LogP contribution in [0.1, 0.15) is 0 Å². The molecule has 0 bridgehead atoms. The van der Waals surface area contributed by atoms with Crippen molar-refractivity contribution in [2.24, 2.45) is 11.1 Å².